The van der Waals surface area contributed by atoms with Gasteiger partial charge in [-0.15, -0.1) is 0 Å². The van der Waals surface area contributed by atoms with Crippen LogP contribution < -0.4 is 5.32 Å². The van der Waals surface area contributed by atoms with Gasteiger partial charge in [-0.1, -0.05) is 0 Å². The number of quaternary nitrogens is 1. The van der Waals surface area contributed by atoms with Crippen LogP contribution in [0.2, 0.25) is 0 Å². The number of hydrogen-bond donors (Lipinski definition) is 1. The molecule has 0 heterocycles. The zero-order chi connectivity index (χ0) is 3.70. The summed E-state index contributed by atoms with van der Waals surface area (Å²) in [5.41, 5.74) is 0. The molecule has 0 spiro atoms. The van der Waals surface area contributed by atoms with Gasteiger partial charge in [-0.25, -0.2) is 0 Å². The standard InChI is InChI=1S/C4H9N/c1-5-4-2-3-4/h4-5H,2-3H2,1H3/p+1. The Labute approximate surface area is 32.4 Å². The number of hydrogen-bond acceptors (Lipinski definition) is 0. The van der Waals surface area contributed by atoms with Gasteiger partial charge in [0.1, 0.15) is 0 Å². The van der Waals surface area contributed by atoms with Crippen LogP contribution >= 0.6 is 0 Å². The van der Waals surface area contributed by atoms with E-state index >= 15 is 0 Å². The molecule has 2 N–H and O–H groups in total. The average Bonchev–Trinajstić information content (AvgIpc) is 2.12. The van der Waals surface area contributed by atoms with Crippen LogP contribution in [0.5, 0.6) is 0 Å². The van der Waals surface area contributed by atoms with Crippen molar-refractivity contribution in [3.05, 3.63) is 0 Å². The third kappa shape index (κ3) is 0.618. The molecule has 30 valence electrons. The Hall–Kier alpha value is -0.0400. The minimum atomic E-state index is 1.01. The first-order valence-corrected chi connectivity index (χ1v) is 2.23. The van der Waals surface area contributed by atoms with Crippen LogP contribution in [0.4, 0.5) is 0 Å². The zero-order valence-electron chi connectivity index (χ0n) is 3.57. The molecule has 0 atom stereocenters. The molecule has 0 aromatic rings. The lowest BCUT2D eigenvalue weighted by atomic mass is 10.7. The molecule has 0 aromatic heterocycles. The number of nitrogens with two attached hydrogens (primary N) is 1. The smallest absolute Gasteiger partial charge is 0.0861 e. The largest absolute Gasteiger partial charge is 0.346 e. The second-order valence-corrected chi connectivity index (χ2v) is 1.67. The zero-order valence-corrected chi connectivity index (χ0v) is 3.57. The van der Waals surface area contributed by atoms with Crippen molar-refractivity contribution < 1.29 is 5.32 Å². The van der Waals surface area contributed by atoms with Crippen LogP contribution in [0, 0.1) is 0 Å². The Bertz CT molecular complexity index is 30.6. The molecule has 1 aliphatic carbocycles. The molecule has 1 aliphatic rings. The van der Waals surface area contributed by atoms with Crippen molar-refractivity contribution >= 4 is 0 Å². The Balaban J connectivity index is 2.00. The van der Waals surface area contributed by atoms with E-state index in [-0.39, 0.29) is 0 Å². The van der Waals surface area contributed by atoms with E-state index in [1.807, 2.05) is 0 Å². The first-order chi connectivity index (χ1) is 2.43. The second kappa shape index (κ2) is 0.977. The van der Waals surface area contributed by atoms with E-state index in [0.29, 0.717) is 0 Å². The average molecular weight is 72.1 g/mol. The van der Waals surface area contributed by atoms with Crippen molar-refractivity contribution in [3.63, 3.8) is 0 Å². The van der Waals surface area contributed by atoms with Crippen molar-refractivity contribution in [2.75, 3.05) is 7.05 Å². The van der Waals surface area contributed by atoms with E-state index in [2.05, 4.69) is 12.4 Å². The highest BCUT2D eigenvalue weighted by Gasteiger charge is 2.22. The molecule has 1 nitrogen and oxygen atoms in total. The van der Waals surface area contributed by atoms with Gasteiger partial charge >= 0.3 is 0 Å². The summed E-state index contributed by atoms with van der Waals surface area (Å²) in [6.45, 7) is 0. The second-order valence-electron chi connectivity index (χ2n) is 1.67. The molecule has 5 heavy (non-hydrogen) atoms. The minimum absolute atomic E-state index is 1.01. The summed E-state index contributed by atoms with van der Waals surface area (Å²) in [5.74, 6) is 0. The van der Waals surface area contributed by atoms with Gasteiger partial charge in [0.15, 0.2) is 0 Å². The van der Waals surface area contributed by atoms with Crippen molar-refractivity contribution in [1.82, 2.24) is 0 Å². The molecule has 0 bridgehead atoms. The fourth-order valence-corrected chi connectivity index (χ4v) is 0.430. The molecular weight excluding hydrogens is 62.1 g/mol. The van der Waals surface area contributed by atoms with Crippen LogP contribution in [0.1, 0.15) is 12.8 Å². The quantitative estimate of drug-likeness (QED) is 0.423. The van der Waals surface area contributed by atoms with Crippen molar-refractivity contribution in [2.45, 2.75) is 18.9 Å². The summed E-state index contributed by atoms with van der Waals surface area (Å²) < 4.78 is 0. The Morgan fingerprint density at radius 2 is 2.20 bits per heavy atom. The molecule has 1 saturated carbocycles. The van der Waals surface area contributed by atoms with Crippen LogP contribution in [-0.2, 0) is 0 Å². The molecule has 0 aromatic carbocycles. The lowest BCUT2D eigenvalue weighted by Crippen LogP contribution is -2.81. The molecule has 0 amide bonds. The molecule has 0 saturated heterocycles. The summed E-state index contributed by atoms with van der Waals surface area (Å²) in [5, 5.41) is 2.28. The monoisotopic (exact) mass is 72.1 g/mol. The summed E-state index contributed by atoms with van der Waals surface area (Å²) in [4.78, 5) is 0. The van der Waals surface area contributed by atoms with E-state index in [9.17, 15) is 0 Å². The SMILES string of the molecule is C[NH2+]C1CC1. The lowest BCUT2D eigenvalue weighted by molar-refractivity contribution is -0.640. The van der Waals surface area contributed by atoms with Crippen LogP contribution in [0.3, 0.4) is 0 Å². The van der Waals surface area contributed by atoms with E-state index < -0.39 is 0 Å². The summed E-state index contributed by atoms with van der Waals surface area (Å²) in [6.07, 6.45) is 2.91. The van der Waals surface area contributed by atoms with Crippen molar-refractivity contribution in [3.8, 4) is 0 Å². The fourth-order valence-electron chi connectivity index (χ4n) is 0.430. The molecule has 1 rings (SSSR count). The van der Waals surface area contributed by atoms with Gasteiger partial charge in [0, 0.05) is 12.8 Å². The topological polar surface area (TPSA) is 16.6 Å². The van der Waals surface area contributed by atoms with Crippen molar-refractivity contribution in [1.29, 1.82) is 0 Å². The van der Waals surface area contributed by atoms with E-state index in [0.717, 1.165) is 6.04 Å². The van der Waals surface area contributed by atoms with Gasteiger partial charge < -0.3 is 5.32 Å². The summed E-state index contributed by atoms with van der Waals surface area (Å²) in [6, 6.07) is 1.01. The predicted octanol–water partition coefficient (Wildman–Crippen LogP) is -0.658. The normalized spacial score (nSPS) is 23.4. The maximum absolute atomic E-state index is 2.28. The highest BCUT2D eigenvalue weighted by atomic mass is 14.9. The lowest BCUT2D eigenvalue weighted by Gasteiger charge is -1.77. The van der Waals surface area contributed by atoms with E-state index in [4.69, 9.17) is 0 Å². The maximum atomic E-state index is 2.28. The van der Waals surface area contributed by atoms with E-state index in [1.165, 1.54) is 12.8 Å². The van der Waals surface area contributed by atoms with Gasteiger partial charge in [0.2, 0.25) is 0 Å². The number of rotatable bonds is 1. The Morgan fingerprint density at radius 1 is 1.60 bits per heavy atom. The maximum Gasteiger partial charge on any atom is 0.0861 e. The molecule has 1 fully saturated rings. The highest BCUT2D eigenvalue weighted by Crippen LogP contribution is 2.12. The molecule has 0 aliphatic heterocycles. The first-order valence-electron chi connectivity index (χ1n) is 2.23. The van der Waals surface area contributed by atoms with Crippen molar-refractivity contribution in [2.24, 2.45) is 0 Å². The third-order valence-corrected chi connectivity index (χ3v) is 1.09. The van der Waals surface area contributed by atoms with Crippen LogP contribution in [0.15, 0.2) is 0 Å². The molecule has 1 heteroatoms. The van der Waals surface area contributed by atoms with Gasteiger partial charge in [-0.3, -0.25) is 0 Å². The summed E-state index contributed by atoms with van der Waals surface area (Å²) in [7, 11) is 2.14. The third-order valence-electron chi connectivity index (χ3n) is 1.09. The van der Waals surface area contributed by atoms with Crippen LogP contribution in [0.25, 0.3) is 0 Å². The first kappa shape index (κ1) is 3.16. The van der Waals surface area contributed by atoms with E-state index in [1.54, 1.807) is 0 Å². The predicted molar refractivity (Wildman–Crippen MR) is 20.9 cm³/mol. The van der Waals surface area contributed by atoms with Gasteiger partial charge in [0.05, 0.1) is 13.1 Å². The molecular formula is C4H10N+. The van der Waals surface area contributed by atoms with Gasteiger partial charge in [0.25, 0.3) is 0 Å². The molecule has 0 radical (unpaired) electrons. The Kier molecular flexibility index (Phi) is 0.618. The highest BCUT2D eigenvalue weighted by molar-refractivity contribution is 4.68. The van der Waals surface area contributed by atoms with Crippen LogP contribution in [-0.4, -0.2) is 13.1 Å². The summed E-state index contributed by atoms with van der Waals surface area (Å²) >= 11 is 0. The Morgan fingerprint density at radius 3 is 2.20 bits per heavy atom. The van der Waals surface area contributed by atoms with Gasteiger partial charge in [-0.05, 0) is 0 Å². The van der Waals surface area contributed by atoms with Gasteiger partial charge in [-0.2, -0.15) is 0 Å². The fraction of sp³-hybridized carbons (Fsp3) is 1.00. The molecule has 0 unspecified atom stereocenters. The minimum Gasteiger partial charge on any atom is -0.346 e.